The van der Waals surface area contributed by atoms with Crippen molar-refractivity contribution in [1.82, 2.24) is 0 Å². The minimum atomic E-state index is 0. The molecule has 0 spiro atoms. The number of hydrogen-bond acceptors (Lipinski definition) is 0. The summed E-state index contributed by atoms with van der Waals surface area (Å²) in [4.78, 5) is 0. The van der Waals surface area contributed by atoms with Gasteiger partial charge in [-0.05, 0) is 54.8 Å². The van der Waals surface area contributed by atoms with Crippen molar-refractivity contribution in [2.24, 2.45) is 35.5 Å². The van der Waals surface area contributed by atoms with Crippen molar-refractivity contribution in [3.8, 4) is 0 Å². The molecule has 0 aromatic heterocycles. The van der Waals surface area contributed by atoms with Gasteiger partial charge in [0.25, 0.3) is 0 Å². The summed E-state index contributed by atoms with van der Waals surface area (Å²) >= 11 is 0. The Balaban J connectivity index is -0.000000312. The maximum absolute atomic E-state index is 2.40. The second-order valence-corrected chi connectivity index (χ2v) is 8.54. The third-order valence-corrected chi connectivity index (χ3v) is 5.92. The lowest BCUT2D eigenvalue weighted by Crippen LogP contribution is -2.17. The highest BCUT2D eigenvalue weighted by Crippen LogP contribution is 2.33. The fourth-order valence-electron chi connectivity index (χ4n) is 4.04. The van der Waals surface area contributed by atoms with Crippen LogP contribution in [0.2, 0.25) is 0 Å². The van der Waals surface area contributed by atoms with Crippen molar-refractivity contribution in [2.75, 3.05) is 0 Å². The molecule has 2 aliphatic carbocycles. The zero-order valence-electron chi connectivity index (χ0n) is 19.1. The molecule has 0 radical (unpaired) electrons. The van der Waals surface area contributed by atoms with Crippen LogP contribution >= 0.6 is 0 Å². The first kappa shape index (κ1) is 29.8. The number of hydrogen-bond donors (Lipinski definition) is 0. The topological polar surface area (TPSA) is 0 Å². The molecule has 2 fully saturated rings. The van der Waals surface area contributed by atoms with Crippen molar-refractivity contribution < 1.29 is 0 Å². The predicted octanol–water partition coefficient (Wildman–Crippen LogP) is 9.63. The van der Waals surface area contributed by atoms with E-state index >= 15 is 0 Å². The molecule has 0 aromatic rings. The maximum atomic E-state index is 2.40. The van der Waals surface area contributed by atoms with E-state index in [2.05, 4.69) is 41.5 Å². The Kier molecular flexibility index (Phi) is 22.4. The molecule has 2 rings (SSSR count). The van der Waals surface area contributed by atoms with Gasteiger partial charge in [-0.1, -0.05) is 109 Å². The highest BCUT2D eigenvalue weighted by molar-refractivity contribution is 4.72. The van der Waals surface area contributed by atoms with Gasteiger partial charge in [-0.25, -0.2) is 0 Å². The van der Waals surface area contributed by atoms with Crippen LogP contribution in [0, 0.1) is 35.5 Å². The van der Waals surface area contributed by atoms with Gasteiger partial charge in [0, 0.05) is 0 Å². The molecule has 0 heteroatoms. The average molecular weight is 357 g/mol. The van der Waals surface area contributed by atoms with Gasteiger partial charge >= 0.3 is 0 Å². The van der Waals surface area contributed by atoms with E-state index in [0.29, 0.717) is 0 Å². The van der Waals surface area contributed by atoms with Crippen molar-refractivity contribution in [1.29, 1.82) is 0 Å². The average Bonchev–Trinajstić information content (AvgIpc) is 2.59. The third-order valence-electron chi connectivity index (χ3n) is 5.92. The van der Waals surface area contributed by atoms with E-state index in [-0.39, 0.29) is 7.43 Å². The van der Waals surface area contributed by atoms with Gasteiger partial charge in [-0.3, -0.25) is 0 Å². The van der Waals surface area contributed by atoms with E-state index in [1.165, 1.54) is 51.4 Å². The van der Waals surface area contributed by atoms with Crippen LogP contribution in [0.4, 0.5) is 0 Å². The Bertz CT molecular complexity index is 232. The minimum Gasteiger partial charge on any atom is -0.0776 e. The van der Waals surface area contributed by atoms with Crippen molar-refractivity contribution in [3.63, 3.8) is 0 Å². The molecule has 156 valence electrons. The van der Waals surface area contributed by atoms with Crippen molar-refractivity contribution in [3.05, 3.63) is 0 Å². The Hall–Kier alpha value is 0. The lowest BCUT2D eigenvalue weighted by Gasteiger charge is -2.29. The molecule has 25 heavy (non-hydrogen) atoms. The summed E-state index contributed by atoms with van der Waals surface area (Å²) in [5, 5.41) is 0. The molecular weight excluding hydrogens is 300 g/mol. The smallest absolute Gasteiger partial charge is 0.0389 e. The first-order chi connectivity index (χ1) is 11.4. The molecule has 0 saturated heterocycles. The molecule has 0 aromatic carbocycles. The Morgan fingerprint density at radius 3 is 1.32 bits per heavy atom. The van der Waals surface area contributed by atoms with Crippen LogP contribution in [-0.2, 0) is 0 Å². The standard InChI is InChI=1S/2C10H20.2C2H6.CH4/c1-8(2)10-6-4-9(3)5-7-10;1-8(2)10-6-4-5-9(3)7-10;2*1-2;/h2*8-10H,4-7H2,1-3H3;2*1-2H3;1H4. The summed E-state index contributed by atoms with van der Waals surface area (Å²) in [6.45, 7) is 22.2. The molecule has 0 N–H and O–H groups in total. The van der Waals surface area contributed by atoms with Gasteiger partial charge in [0.2, 0.25) is 0 Å². The van der Waals surface area contributed by atoms with E-state index in [4.69, 9.17) is 0 Å². The highest BCUT2D eigenvalue weighted by Gasteiger charge is 2.21. The molecule has 0 heterocycles. The lowest BCUT2D eigenvalue weighted by atomic mass is 9.77. The normalized spacial score (nSPS) is 28.3. The second-order valence-electron chi connectivity index (χ2n) is 8.54. The summed E-state index contributed by atoms with van der Waals surface area (Å²) in [6.07, 6.45) is 11.8. The molecule has 0 nitrogen and oxygen atoms in total. The summed E-state index contributed by atoms with van der Waals surface area (Å²) < 4.78 is 0. The SMILES string of the molecule is C.CC.CC.CC1CCC(C(C)C)CC1.CC1CCCC(C(C)C)C1. The maximum Gasteiger partial charge on any atom is -0.0389 e. The zero-order valence-corrected chi connectivity index (χ0v) is 19.1. The first-order valence-electron chi connectivity index (χ1n) is 11.4. The van der Waals surface area contributed by atoms with Crippen LogP contribution in [0.3, 0.4) is 0 Å². The predicted molar refractivity (Wildman–Crippen MR) is 121 cm³/mol. The highest BCUT2D eigenvalue weighted by atomic mass is 14.3. The summed E-state index contributed by atoms with van der Waals surface area (Å²) in [7, 11) is 0. The van der Waals surface area contributed by atoms with Crippen LogP contribution in [0.15, 0.2) is 0 Å². The zero-order chi connectivity index (χ0) is 19.1. The molecule has 0 amide bonds. The van der Waals surface area contributed by atoms with Crippen LogP contribution in [0.5, 0.6) is 0 Å². The number of rotatable bonds is 2. The molecule has 2 aliphatic rings. The minimum absolute atomic E-state index is 0. The lowest BCUT2D eigenvalue weighted by molar-refractivity contribution is 0.226. The van der Waals surface area contributed by atoms with Crippen LogP contribution in [0.1, 0.15) is 128 Å². The Labute approximate surface area is 164 Å². The van der Waals surface area contributed by atoms with Crippen LogP contribution in [-0.4, -0.2) is 0 Å². The van der Waals surface area contributed by atoms with E-state index < -0.39 is 0 Å². The van der Waals surface area contributed by atoms with E-state index in [0.717, 1.165) is 35.5 Å². The van der Waals surface area contributed by atoms with Crippen LogP contribution in [0.25, 0.3) is 0 Å². The van der Waals surface area contributed by atoms with Gasteiger partial charge in [0.1, 0.15) is 0 Å². The second kappa shape index (κ2) is 18.8. The van der Waals surface area contributed by atoms with Crippen molar-refractivity contribution in [2.45, 2.75) is 128 Å². The van der Waals surface area contributed by atoms with E-state index in [1.807, 2.05) is 27.7 Å². The van der Waals surface area contributed by atoms with E-state index in [9.17, 15) is 0 Å². The first-order valence-corrected chi connectivity index (χ1v) is 11.4. The largest absolute Gasteiger partial charge is 0.0776 e. The van der Waals surface area contributed by atoms with Gasteiger partial charge in [0.15, 0.2) is 0 Å². The quantitative estimate of drug-likeness (QED) is 0.462. The molecule has 0 aliphatic heterocycles. The molecule has 2 unspecified atom stereocenters. The van der Waals surface area contributed by atoms with E-state index in [1.54, 1.807) is 0 Å². The molecule has 2 saturated carbocycles. The summed E-state index contributed by atoms with van der Waals surface area (Å²) in [5.41, 5.74) is 0. The van der Waals surface area contributed by atoms with Gasteiger partial charge in [-0.15, -0.1) is 0 Å². The summed E-state index contributed by atoms with van der Waals surface area (Å²) in [5.74, 6) is 5.92. The fourth-order valence-corrected chi connectivity index (χ4v) is 4.04. The fraction of sp³-hybridized carbons (Fsp3) is 1.00. The van der Waals surface area contributed by atoms with Gasteiger partial charge in [0.05, 0.1) is 0 Å². The molecular formula is C25H56. The van der Waals surface area contributed by atoms with Crippen molar-refractivity contribution >= 4 is 0 Å². The van der Waals surface area contributed by atoms with Gasteiger partial charge < -0.3 is 0 Å². The molecule has 2 atom stereocenters. The molecule has 0 bridgehead atoms. The monoisotopic (exact) mass is 356 g/mol. The Morgan fingerprint density at radius 2 is 1.00 bits per heavy atom. The Morgan fingerprint density at radius 1 is 0.560 bits per heavy atom. The van der Waals surface area contributed by atoms with Crippen LogP contribution < -0.4 is 0 Å². The van der Waals surface area contributed by atoms with Gasteiger partial charge in [-0.2, -0.15) is 0 Å². The summed E-state index contributed by atoms with van der Waals surface area (Å²) in [6, 6.07) is 0. The third kappa shape index (κ3) is 14.8.